The lowest BCUT2D eigenvalue weighted by atomic mass is 10.1. The number of nitro benzene ring substituents is 1. The molecule has 11 nitrogen and oxygen atoms in total. The molecule has 0 aliphatic carbocycles. The molecule has 0 spiro atoms. The fourth-order valence-corrected chi connectivity index (χ4v) is 2.12. The molecule has 0 aromatic heterocycles. The van der Waals surface area contributed by atoms with Gasteiger partial charge in [0.1, 0.15) is 9.85 Å². The van der Waals surface area contributed by atoms with Crippen LogP contribution in [0.15, 0.2) is 24.3 Å². The monoisotopic (exact) mass is 327 g/mol. The molecular formula is C12H17N5O6. The highest BCUT2D eigenvalue weighted by atomic mass is 16.7. The minimum atomic E-state index is -2.97. The number of nitro groups is 3. The SMILES string of the molecule is NCCCCCNC(c1ccccc1[N+](=O)[O-])([N+](=O)[O-])[N+](=O)[O-]. The third kappa shape index (κ3) is 3.96. The summed E-state index contributed by atoms with van der Waals surface area (Å²) in [6.07, 6.45) is 1.73. The lowest BCUT2D eigenvalue weighted by Gasteiger charge is -2.18. The Bertz CT molecular complexity index is 579. The van der Waals surface area contributed by atoms with Crippen LogP contribution in [0, 0.1) is 30.3 Å². The van der Waals surface area contributed by atoms with Crippen molar-refractivity contribution in [1.29, 1.82) is 0 Å². The van der Waals surface area contributed by atoms with Gasteiger partial charge in [-0.2, -0.15) is 5.32 Å². The first-order valence-corrected chi connectivity index (χ1v) is 6.86. The minimum Gasteiger partial charge on any atom is -0.330 e. The molecule has 1 rings (SSSR count). The van der Waals surface area contributed by atoms with Crippen LogP contribution in [0.25, 0.3) is 0 Å². The van der Waals surface area contributed by atoms with Gasteiger partial charge in [-0.05, 0) is 25.5 Å². The van der Waals surface area contributed by atoms with E-state index in [-0.39, 0.29) is 6.54 Å². The van der Waals surface area contributed by atoms with E-state index in [1.165, 1.54) is 12.1 Å². The number of hydrogen-bond donors (Lipinski definition) is 2. The molecule has 0 aliphatic heterocycles. The van der Waals surface area contributed by atoms with Crippen LogP contribution in [-0.4, -0.2) is 27.9 Å². The van der Waals surface area contributed by atoms with E-state index in [0.29, 0.717) is 25.8 Å². The largest absolute Gasteiger partial charge is 0.554 e. The van der Waals surface area contributed by atoms with Crippen molar-refractivity contribution in [3.05, 3.63) is 60.2 Å². The second-order valence-corrected chi connectivity index (χ2v) is 4.74. The summed E-state index contributed by atoms with van der Waals surface area (Å²) in [6.45, 7) is 0.397. The minimum absolute atomic E-state index is 0.0476. The van der Waals surface area contributed by atoms with Gasteiger partial charge in [0.25, 0.3) is 5.69 Å². The molecule has 0 saturated carbocycles. The highest BCUT2D eigenvalue weighted by Gasteiger charge is 2.61. The van der Waals surface area contributed by atoms with Gasteiger partial charge in [0.15, 0.2) is 0 Å². The number of rotatable bonds is 10. The molecule has 0 heterocycles. The number of nitrogens with one attached hydrogen (secondary N) is 1. The Morgan fingerprint density at radius 3 is 2.13 bits per heavy atom. The summed E-state index contributed by atoms with van der Waals surface area (Å²) in [5, 5.41) is 36.1. The van der Waals surface area contributed by atoms with E-state index in [2.05, 4.69) is 5.32 Å². The predicted molar refractivity (Wildman–Crippen MR) is 79.7 cm³/mol. The zero-order valence-corrected chi connectivity index (χ0v) is 12.2. The Morgan fingerprint density at radius 2 is 1.61 bits per heavy atom. The summed E-state index contributed by atoms with van der Waals surface area (Å²) < 4.78 is 0. The first kappa shape index (κ1) is 18.4. The van der Waals surface area contributed by atoms with E-state index in [1.807, 2.05) is 0 Å². The smallest absolute Gasteiger partial charge is 0.330 e. The number of benzene rings is 1. The van der Waals surface area contributed by atoms with Crippen molar-refractivity contribution in [2.45, 2.75) is 25.0 Å². The van der Waals surface area contributed by atoms with Crippen LogP contribution in [0.2, 0.25) is 0 Å². The zero-order chi connectivity index (χ0) is 17.5. The van der Waals surface area contributed by atoms with Gasteiger partial charge < -0.3 is 5.73 Å². The molecule has 0 radical (unpaired) electrons. The van der Waals surface area contributed by atoms with Crippen molar-refractivity contribution in [3.63, 3.8) is 0 Å². The van der Waals surface area contributed by atoms with Crippen LogP contribution in [0.4, 0.5) is 5.69 Å². The molecule has 0 amide bonds. The molecule has 0 fully saturated rings. The molecule has 1 aromatic rings. The summed E-state index contributed by atoms with van der Waals surface area (Å²) in [4.78, 5) is 30.7. The van der Waals surface area contributed by atoms with Crippen LogP contribution < -0.4 is 11.1 Å². The molecule has 0 saturated heterocycles. The first-order chi connectivity index (χ1) is 10.9. The maximum atomic E-state index is 11.4. The Morgan fingerprint density at radius 1 is 1.00 bits per heavy atom. The number of hydrogen-bond acceptors (Lipinski definition) is 8. The van der Waals surface area contributed by atoms with Gasteiger partial charge in [-0.25, -0.2) is 0 Å². The van der Waals surface area contributed by atoms with E-state index in [0.717, 1.165) is 12.1 Å². The second kappa shape index (κ2) is 8.10. The van der Waals surface area contributed by atoms with Crippen LogP contribution in [0.3, 0.4) is 0 Å². The van der Waals surface area contributed by atoms with E-state index < -0.39 is 31.8 Å². The molecule has 23 heavy (non-hydrogen) atoms. The first-order valence-electron chi connectivity index (χ1n) is 6.86. The third-order valence-electron chi connectivity index (χ3n) is 3.26. The van der Waals surface area contributed by atoms with Gasteiger partial charge in [0.2, 0.25) is 5.56 Å². The molecule has 0 unspecified atom stereocenters. The summed E-state index contributed by atoms with van der Waals surface area (Å²) in [5.41, 5.74) is 4.03. The summed E-state index contributed by atoms with van der Waals surface area (Å²) in [5.74, 6) is -2.97. The van der Waals surface area contributed by atoms with E-state index in [1.54, 1.807) is 0 Å². The average Bonchev–Trinajstić information content (AvgIpc) is 2.50. The van der Waals surface area contributed by atoms with Crippen molar-refractivity contribution in [2.24, 2.45) is 5.73 Å². The van der Waals surface area contributed by atoms with Crippen LogP contribution in [0.1, 0.15) is 24.8 Å². The van der Waals surface area contributed by atoms with Gasteiger partial charge >= 0.3 is 5.79 Å². The maximum absolute atomic E-state index is 11.4. The predicted octanol–water partition coefficient (Wildman–Crippen LogP) is 0.977. The quantitative estimate of drug-likeness (QED) is 0.277. The highest BCUT2D eigenvalue weighted by Crippen LogP contribution is 2.31. The van der Waals surface area contributed by atoms with Gasteiger partial charge in [0, 0.05) is 12.6 Å². The summed E-state index contributed by atoms with van der Waals surface area (Å²) in [6, 6.07) is 4.57. The molecular weight excluding hydrogens is 310 g/mol. The third-order valence-corrected chi connectivity index (χ3v) is 3.26. The second-order valence-electron chi connectivity index (χ2n) is 4.74. The van der Waals surface area contributed by atoms with E-state index in [4.69, 9.17) is 5.73 Å². The van der Waals surface area contributed by atoms with Gasteiger partial charge in [0.05, 0.1) is 4.92 Å². The Labute approximate surface area is 130 Å². The van der Waals surface area contributed by atoms with Crippen molar-refractivity contribution in [2.75, 3.05) is 13.1 Å². The van der Waals surface area contributed by atoms with Crippen LogP contribution in [0.5, 0.6) is 0 Å². The number of nitrogens with zero attached hydrogens (tertiary/aromatic N) is 3. The van der Waals surface area contributed by atoms with E-state index in [9.17, 15) is 30.3 Å². The van der Waals surface area contributed by atoms with Crippen molar-refractivity contribution >= 4 is 5.69 Å². The van der Waals surface area contributed by atoms with Crippen LogP contribution in [-0.2, 0) is 5.79 Å². The molecule has 126 valence electrons. The molecule has 11 heteroatoms. The highest BCUT2D eigenvalue weighted by molar-refractivity contribution is 5.42. The number of nitrogens with two attached hydrogens (primary N) is 1. The number of para-hydroxylation sites is 1. The van der Waals surface area contributed by atoms with Crippen LogP contribution >= 0.6 is 0 Å². The zero-order valence-electron chi connectivity index (χ0n) is 12.2. The van der Waals surface area contributed by atoms with Crippen molar-refractivity contribution < 1.29 is 14.8 Å². The molecule has 3 N–H and O–H groups in total. The maximum Gasteiger partial charge on any atom is 0.554 e. The molecule has 0 atom stereocenters. The van der Waals surface area contributed by atoms with Gasteiger partial charge in [-0.1, -0.05) is 18.6 Å². The Hall–Kier alpha value is -2.66. The fraction of sp³-hybridized carbons (Fsp3) is 0.500. The number of unbranched alkanes of at least 4 members (excludes halogenated alkanes) is 2. The molecule has 0 bridgehead atoms. The normalized spacial score (nSPS) is 11.2. The topological polar surface area (TPSA) is 167 Å². The standard InChI is InChI=1S/C12H17N5O6/c13-8-4-1-5-9-14-12(16(20)21,17(22)23)10-6-2-3-7-11(10)15(18)19/h2-3,6-7,14H,1,4-5,8-9,13H2. The molecule has 1 aromatic carbocycles. The Kier molecular flexibility index (Phi) is 6.48. The van der Waals surface area contributed by atoms with Crippen molar-refractivity contribution in [3.8, 4) is 0 Å². The van der Waals surface area contributed by atoms with Gasteiger partial charge in [-0.15, -0.1) is 0 Å². The summed E-state index contributed by atoms with van der Waals surface area (Å²) in [7, 11) is 0. The lowest BCUT2D eigenvalue weighted by molar-refractivity contribution is -0.819. The van der Waals surface area contributed by atoms with Crippen molar-refractivity contribution in [1.82, 2.24) is 5.32 Å². The lowest BCUT2D eigenvalue weighted by Crippen LogP contribution is -2.55. The summed E-state index contributed by atoms with van der Waals surface area (Å²) >= 11 is 0. The van der Waals surface area contributed by atoms with E-state index >= 15 is 0 Å². The van der Waals surface area contributed by atoms with Gasteiger partial charge in [-0.3, -0.25) is 30.3 Å². The Balaban J connectivity index is 3.22. The average molecular weight is 327 g/mol. The fourth-order valence-electron chi connectivity index (χ4n) is 2.12. The molecule has 0 aliphatic rings.